The first-order valence-corrected chi connectivity index (χ1v) is 12.0. The van der Waals surface area contributed by atoms with Crippen molar-refractivity contribution in [1.29, 1.82) is 0 Å². The molecule has 2 aromatic rings. The van der Waals surface area contributed by atoms with E-state index in [2.05, 4.69) is 34.9 Å². The molecule has 34 heavy (non-hydrogen) atoms. The van der Waals surface area contributed by atoms with Gasteiger partial charge in [-0.15, -0.1) is 0 Å². The predicted octanol–water partition coefficient (Wildman–Crippen LogP) is 4.17. The zero-order valence-corrected chi connectivity index (χ0v) is 19.6. The van der Waals surface area contributed by atoms with Crippen molar-refractivity contribution in [2.24, 2.45) is 17.8 Å². The first kappa shape index (κ1) is 23.8. The highest BCUT2D eigenvalue weighted by molar-refractivity contribution is 5.82. The molecule has 2 aliphatic carbocycles. The standard InChI is InChI=1S/C27H32N2O5/c1-16(2)22(25(30)29-24-13-7-12-21(24)26(31)32)14-28-27(33)34-15-23-19-10-5-3-8-17(19)18-9-4-6-11-20(18)23/h3-6,8-11,16,21-24H,7,12-15H2,1-2H3,(H,28,33)(H,29,30)(H,31,32)/t21-,22?,24+/m1/s1. The van der Waals surface area contributed by atoms with E-state index < -0.39 is 23.9 Å². The van der Waals surface area contributed by atoms with Gasteiger partial charge in [-0.25, -0.2) is 4.79 Å². The largest absolute Gasteiger partial charge is 0.481 e. The van der Waals surface area contributed by atoms with Crippen LogP contribution >= 0.6 is 0 Å². The lowest BCUT2D eigenvalue weighted by Crippen LogP contribution is -2.47. The maximum absolute atomic E-state index is 12.9. The van der Waals surface area contributed by atoms with Crippen LogP contribution in [0.5, 0.6) is 0 Å². The Bertz CT molecular complexity index is 1020. The van der Waals surface area contributed by atoms with Crippen LogP contribution in [-0.2, 0) is 14.3 Å². The normalized spacial score (nSPS) is 19.9. The Kier molecular flexibility index (Phi) is 7.20. The third-order valence-electron chi connectivity index (χ3n) is 7.11. The Morgan fingerprint density at radius 2 is 1.62 bits per heavy atom. The van der Waals surface area contributed by atoms with E-state index in [1.165, 1.54) is 0 Å². The summed E-state index contributed by atoms with van der Waals surface area (Å²) in [5.74, 6) is -2.19. The van der Waals surface area contributed by atoms with Crippen molar-refractivity contribution >= 4 is 18.0 Å². The maximum atomic E-state index is 12.9. The molecule has 3 N–H and O–H groups in total. The van der Waals surface area contributed by atoms with Gasteiger partial charge in [0, 0.05) is 18.5 Å². The quantitative estimate of drug-likeness (QED) is 0.544. The van der Waals surface area contributed by atoms with E-state index in [0.717, 1.165) is 28.7 Å². The Hall–Kier alpha value is -3.35. The first-order chi connectivity index (χ1) is 16.4. The molecule has 7 heteroatoms. The molecule has 1 saturated carbocycles. The van der Waals surface area contributed by atoms with Crippen molar-refractivity contribution in [2.75, 3.05) is 13.2 Å². The number of ether oxygens (including phenoxy) is 1. The fourth-order valence-corrected chi connectivity index (χ4v) is 5.19. The summed E-state index contributed by atoms with van der Waals surface area (Å²) in [5, 5.41) is 15.0. The van der Waals surface area contributed by atoms with Crippen molar-refractivity contribution in [3.8, 4) is 11.1 Å². The fraction of sp³-hybridized carbons (Fsp3) is 0.444. The van der Waals surface area contributed by atoms with Crippen molar-refractivity contribution in [2.45, 2.75) is 45.1 Å². The van der Waals surface area contributed by atoms with Crippen LogP contribution in [0.4, 0.5) is 4.79 Å². The smallest absolute Gasteiger partial charge is 0.407 e. The Morgan fingerprint density at radius 1 is 1.00 bits per heavy atom. The second kappa shape index (κ2) is 10.3. The van der Waals surface area contributed by atoms with Gasteiger partial charge in [0.15, 0.2) is 0 Å². The molecule has 4 rings (SSSR count). The number of benzene rings is 2. The number of rotatable bonds is 8. The zero-order chi connectivity index (χ0) is 24.2. The third kappa shape index (κ3) is 4.93. The minimum atomic E-state index is -0.874. The number of carboxylic acid groups (broad SMARTS) is 1. The Balaban J connectivity index is 1.33. The number of fused-ring (bicyclic) bond motifs is 3. The van der Waals surface area contributed by atoms with Gasteiger partial charge in [0.05, 0.1) is 11.8 Å². The molecule has 2 aromatic carbocycles. The van der Waals surface area contributed by atoms with Gasteiger partial charge in [-0.2, -0.15) is 0 Å². The Labute approximate surface area is 199 Å². The molecule has 0 aliphatic heterocycles. The van der Waals surface area contributed by atoms with Gasteiger partial charge < -0.3 is 20.5 Å². The summed E-state index contributed by atoms with van der Waals surface area (Å²) in [7, 11) is 0. The van der Waals surface area contributed by atoms with Crippen LogP contribution in [-0.4, -0.2) is 42.3 Å². The second-order valence-electron chi connectivity index (χ2n) is 9.55. The second-order valence-corrected chi connectivity index (χ2v) is 9.55. The van der Waals surface area contributed by atoms with Gasteiger partial charge in [0.25, 0.3) is 0 Å². The number of carbonyl (C=O) groups is 3. The van der Waals surface area contributed by atoms with Gasteiger partial charge in [-0.3, -0.25) is 9.59 Å². The third-order valence-corrected chi connectivity index (χ3v) is 7.11. The molecule has 0 radical (unpaired) electrons. The number of alkyl carbamates (subject to hydrolysis) is 1. The summed E-state index contributed by atoms with van der Waals surface area (Å²) in [6.45, 7) is 4.16. The molecule has 2 amide bonds. The van der Waals surface area contributed by atoms with Gasteiger partial charge >= 0.3 is 12.1 Å². The molecule has 0 aromatic heterocycles. The summed E-state index contributed by atoms with van der Waals surface area (Å²) >= 11 is 0. The van der Waals surface area contributed by atoms with Crippen LogP contribution in [0.15, 0.2) is 48.5 Å². The molecular formula is C27H32N2O5. The summed E-state index contributed by atoms with van der Waals surface area (Å²) < 4.78 is 5.57. The predicted molar refractivity (Wildman–Crippen MR) is 128 cm³/mol. The molecule has 2 aliphatic rings. The maximum Gasteiger partial charge on any atom is 0.407 e. The fourth-order valence-electron chi connectivity index (χ4n) is 5.19. The van der Waals surface area contributed by atoms with Gasteiger partial charge in [0.2, 0.25) is 5.91 Å². The molecule has 7 nitrogen and oxygen atoms in total. The van der Waals surface area contributed by atoms with E-state index in [4.69, 9.17) is 4.74 Å². The average molecular weight is 465 g/mol. The highest BCUT2D eigenvalue weighted by atomic mass is 16.5. The molecule has 0 bridgehead atoms. The van der Waals surface area contributed by atoms with Crippen LogP contribution in [0.25, 0.3) is 11.1 Å². The molecule has 0 spiro atoms. The van der Waals surface area contributed by atoms with Crippen molar-refractivity contribution in [3.05, 3.63) is 59.7 Å². The van der Waals surface area contributed by atoms with E-state index in [0.29, 0.717) is 12.8 Å². The van der Waals surface area contributed by atoms with Gasteiger partial charge in [0.1, 0.15) is 6.61 Å². The van der Waals surface area contributed by atoms with E-state index in [9.17, 15) is 19.5 Å². The Morgan fingerprint density at radius 3 is 2.21 bits per heavy atom. The number of carboxylic acids is 1. The zero-order valence-electron chi connectivity index (χ0n) is 19.6. The molecule has 0 heterocycles. The SMILES string of the molecule is CC(C)C(CNC(=O)OCC1c2ccccc2-c2ccccc21)C(=O)N[C@H]1CCC[C@H]1C(=O)O. The molecule has 0 saturated heterocycles. The first-order valence-electron chi connectivity index (χ1n) is 12.0. The number of nitrogens with one attached hydrogen (secondary N) is 2. The minimum Gasteiger partial charge on any atom is -0.481 e. The molecule has 180 valence electrons. The number of hydrogen-bond donors (Lipinski definition) is 3. The minimum absolute atomic E-state index is 0.0291. The average Bonchev–Trinajstić information content (AvgIpc) is 3.40. The summed E-state index contributed by atoms with van der Waals surface area (Å²) in [6, 6.07) is 15.9. The number of hydrogen-bond acceptors (Lipinski definition) is 4. The highest BCUT2D eigenvalue weighted by Gasteiger charge is 2.36. The number of carbonyl (C=O) groups excluding carboxylic acids is 2. The molecular weight excluding hydrogens is 432 g/mol. The lowest BCUT2D eigenvalue weighted by atomic mass is 9.93. The lowest BCUT2D eigenvalue weighted by molar-refractivity contribution is -0.142. The topological polar surface area (TPSA) is 105 Å². The van der Waals surface area contributed by atoms with Crippen LogP contribution in [0, 0.1) is 17.8 Å². The monoisotopic (exact) mass is 464 g/mol. The van der Waals surface area contributed by atoms with Crippen molar-refractivity contribution in [3.63, 3.8) is 0 Å². The van der Waals surface area contributed by atoms with Crippen LogP contribution in [0.1, 0.15) is 50.2 Å². The molecule has 1 fully saturated rings. The number of amides is 2. The number of aliphatic carboxylic acids is 1. The van der Waals surface area contributed by atoms with Crippen LogP contribution in [0.3, 0.4) is 0 Å². The molecule has 3 atom stereocenters. The van der Waals surface area contributed by atoms with Crippen LogP contribution in [0.2, 0.25) is 0 Å². The lowest BCUT2D eigenvalue weighted by Gasteiger charge is -2.25. The van der Waals surface area contributed by atoms with Crippen LogP contribution < -0.4 is 10.6 Å². The summed E-state index contributed by atoms with van der Waals surface area (Å²) in [4.78, 5) is 36.8. The van der Waals surface area contributed by atoms with Crippen molar-refractivity contribution < 1.29 is 24.2 Å². The van der Waals surface area contributed by atoms with Crippen molar-refractivity contribution in [1.82, 2.24) is 10.6 Å². The summed E-state index contributed by atoms with van der Waals surface area (Å²) in [5.41, 5.74) is 4.60. The van der Waals surface area contributed by atoms with E-state index in [-0.39, 0.29) is 36.9 Å². The van der Waals surface area contributed by atoms with E-state index >= 15 is 0 Å². The van der Waals surface area contributed by atoms with E-state index in [1.54, 1.807) is 0 Å². The van der Waals surface area contributed by atoms with E-state index in [1.807, 2.05) is 38.1 Å². The molecule has 1 unspecified atom stereocenters. The van der Waals surface area contributed by atoms with Gasteiger partial charge in [-0.05, 0) is 41.0 Å². The summed E-state index contributed by atoms with van der Waals surface area (Å²) in [6.07, 6.45) is 1.45. The van der Waals surface area contributed by atoms with Gasteiger partial charge in [-0.1, -0.05) is 68.8 Å². The highest BCUT2D eigenvalue weighted by Crippen LogP contribution is 2.44.